The van der Waals surface area contributed by atoms with Gasteiger partial charge in [0, 0.05) is 27.7 Å². The van der Waals surface area contributed by atoms with Crippen LogP contribution in [-0.4, -0.2) is 88.3 Å². The van der Waals surface area contributed by atoms with E-state index < -0.39 is 63.6 Å². The maximum absolute atomic E-state index is 12.8. The van der Waals surface area contributed by atoms with E-state index >= 15 is 0 Å². The Hall–Kier alpha value is -1.39. The van der Waals surface area contributed by atoms with E-state index in [0.717, 1.165) is 12.1 Å². The summed E-state index contributed by atoms with van der Waals surface area (Å²) in [6.45, 7) is 24.4. The molecule has 0 bridgehead atoms. The standard InChI is InChI=1S/C28H56N2O8S2Si2/c1-27(2,3)37-25(33)29-21(23(31)35-15-19-41(7,8)9)13-17-39-40-18-14-22(30-26(34)38-28(4,5)6)24(32)36-16-20-42(10,11)12/h21-22H,13-20H2,1-12H3,(H,29,33)(H,30,34)/t21-,22-/m0/s1. The molecule has 0 saturated carbocycles. The van der Waals surface area contributed by atoms with Gasteiger partial charge in [0.25, 0.3) is 0 Å². The number of amides is 2. The van der Waals surface area contributed by atoms with Gasteiger partial charge < -0.3 is 29.6 Å². The van der Waals surface area contributed by atoms with Crippen LogP contribution in [0.4, 0.5) is 9.59 Å². The molecule has 2 atom stereocenters. The zero-order valence-electron chi connectivity index (χ0n) is 27.9. The summed E-state index contributed by atoms with van der Waals surface area (Å²) in [6.07, 6.45) is -0.644. The molecule has 0 unspecified atom stereocenters. The molecule has 14 heteroatoms. The number of rotatable bonds is 17. The minimum absolute atomic E-state index is 0.322. The Balaban J connectivity index is 5.00. The molecule has 0 aliphatic rings. The first-order valence-electron chi connectivity index (χ1n) is 14.5. The molecule has 2 amide bonds. The summed E-state index contributed by atoms with van der Waals surface area (Å²) in [6, 6.07) is -0.00148. The highest BCUT2D eigenvalue weighted by atomic mass is 33.1. The SMILES string of the molecule is CC(C)(C)OC(=O)N[C@@H](CCSSCC[C@H](NC(=O)OC(C)(C)C)C(=O)OCC[Si](C)(C)C)C(=O)OCC[Si](C)(C)C. The van der Waals surface area contributed by atoms with Gasteiger partial charge in [-0.2, -0.15) is 0 Å². The average molecular weight is 669 g/mol. The van der Waals surface area contributed by atoms with Crippen LogP contribution in [0.3, 0.4) is 0 Å². The van der Waals surface area contributed by atoms with E-state index in [4.69, 9.17) is 18.9 Å². The van der Waals surface area contributed by atoms with Crippen molar-refractivity contribution in [2.75, 3.05) is 24.7 Å². The molecule has 0 aromatic rings. The molecular formula is C28H56N2O8S2Si2. The lowest BCUT2D eigenvalue weighted by molar-refractivity contribution is -0.146. The molecule has 0 heterocycles. The maximum Gasteiger partial charge on any atom is 0.408 e. The Morgan fingerprint density at radius 3 is 1.19 bits per heavy atom. The Labute approximate surface area is 263 Å². The van der Waals surface area contributed by atoms with Gasteiger partial charge in [-0.05, 0) is 66.5 Å². The molecule has 0 aromatic carbocycles. The summed E-state index contributed by atoms with van der Waals surface area (Å²) >= 11 is 0. The van der Waals surface area contributed by atoms with Crippen molar-refractivity contribution in [1.82, 2.24) is 10.6 Å². The Bertz CT molecular complexity index is 796. The maximum atomic E-state index is 12.8. The number of ether oxygens (including phenoxy) is 4. The van der Waals surface area contributed by atoms with Gasteiger partial charge in [0.1, 0.15) is 23.3 Å². The van der Waals surface area contributed by atoms with Crippen LogP contribution in [0.2, 0.25) is 51.4 Å². The number of carbonyl (C=O) groups excluding carboxylic acids is 4. The predicted molar refractivity (Wildman–Crippen MR) is 179 cm³/mol. The predicted octanol–water partition coefficient (Wildman–Crippen LogP) is 6.70. The van der Waals surface area contributed by atoms with E-state index in [1.807, 2.05) is 0 Å². The second-order valence-electron chi connectivity index (χ2n) is 14.6. The normalized spacial score (nSPS) is 13.9. The number of hydrogen-bond acceptors (Lipinski definition) is 10. The van der Waals surface area contributed by atoms with E-state index in [0.29, 0.717) is 37.6 Å². The fourth-order valence-corrected chi connectivity index (χ4v) is 6.58. The fourth-order valence-electron chi connectivity index (χ4n) is 2.96. The summed E-state index contributed by atoms with van der Waals surface area (Å²) in [5.74, 6) is 0.123. The lowest BCUT2D eigenvalue weighted by atomic mass is 10.2. The van der Waals surface area contributed by atoms with Crippen LogP contribution in [0.25, 0.3) is 0 Å². The molecule has 10 nitrogen and oxygen atoms in total. The summed E-state index contributed by atoms with van der Waals surface area (Å²) in [7, 11) is 0.246. The molecule has 0 aromatic heterocycles. The van der Waals surface area contributed by atoms with E-state index in [2.05, 4.69) is 49.9 Å². The first-order valence-corrected chi connectivity index (χ1v) is 24.4. The van der Waals surface area contributed by atoms with Crippen LogP contribution >= 0.6 is 21.6 Å². The number of esters is 2. The van der Waals surface area contributed by atoms with Crippen LogP contribution in [0.1, 0.15) is 54.4 Å². The van der Waals surface area contributed by atoms with Gasteiger partial charge in [0.05, 0.1) is 13.2 Å². The summed E-state index contributed by atoms with van der Waals surface area (Å²) in [5, 5.41) is 5.30. The van der Waals surface area contributed by atoms with Gasteiger partial charge in [0.2, 0.25) is 0 Å². The van der Waals surface area contributed by atoms with E-state index in [-0.39, 0.29) is 0 Å². The molecule has 2 N–H and O–H groups in total. The smallest absolute Gasteiger partial charge is 0.408 e. The molecular weight excluding hydrogens is 613 g/mol. The molecule has 0 saturated heterocycles. The van der Waals surface area contributed by atoms with Crippen molar-refractivity contribution in [2.45, 2.75) is 129 Å². The summed E-state index contributed by atoms with van der Waals surface area (Å²) in [4.78, 5) is 50.2. The molecule has 246 valence electrons. The number of alkyl carbamates (subject to hydrolysis) is 2. The molecule has 0 aliphatic carbocycles. The highest BCUT2D eigenvalue weighted by Crippen LogP contribution is 2.25. The van der Waals surface area contributed by atoms with Crippen LogP contribution in [-0.2, 0) is 28.5 Å². The van der Waals surface area contributed by atoms with Crippen LogP contribution in [0, 0.1) is 0 Å². The molecule has 0 spiro atoms. The van der Waals surface area contributed by atoms with Gasteiger partial charge in [-0.3, -0.25) is 0 Å². The molecule has 42 heavy (non-hydrogen) atoms. The summed E-state index contributed by atoms with van der Waals surface area (Å²) in [5.41, 5.74) is -1.39. The summed E-state index contributed by atoms with van der Waals surface area (Å²) < 4.78 is 21.6. The highest BCUT2D eigenvalue weighted by Gasteiger charge is 2.28. The topological polar surface area (TPSA) is 129 Å². The third-order valence-corrected chi connectivity index (χ3v) is 11.1. The van der Waals surface area contributed by atoms with Crippen molar-refractivity contribution >= 4 is 61.9 Å². The van der Waals surface area contributed by atoms with Crippen molar-refractivity contribution in [3.8, 4) is 0 Å². The van der Waals surface area contributed by atoms with Crippen molar-refractivity contribution in [1.29, 1.82) is 0 Å². The third kappa shape index (κ3) is 24.1. The van der Waals surface area contributed by atoms with Crippen LogP contribution < -0.4 is 10.6 Å². The molecule has 0 aliphatic heterocycles. The third-order valence-electron chi connectivity index (χ3n) is 5.21. The minimum atomic E-state index is -1.38. The van der Waals surface area contributed by atoms with Crippen molar-refractivity contribution in [3.63, 3.8) is 0 Å². The molecule has 0 rings (SSSR count). The zero-order chi connectivity index (χ0) is 32.8. The van der Waals surface area contributed by atoms with Gasteiger partial charge in [-0.15, -0.1) is 0 Å². The monoisotopic (exact) mass is 668 g/mol. The zero-order valence-corrected chi connectivity index (χ0v) is 31.5. The van der Waals surface area contributed by atoms with Gasteiger partial charge in [-0.25, -0.2) is 19.2 Å². The Kier molecular flexibility index (Phi) is 17.8. The Morgan fingerprint density at radius 2 is 0.929 bits per heavy atom. The number of nitrogens with one attached hydrogen (secondary N) is 2. The van der Waals surface area contributed by atoms with E-state index in [1.54, 1.807) is 41.5 Å². The second-order valence-corrected chi connectivity index (χ2v) is 28.5. The Morgan fingerprint density at radius 1 is 0.619 bits per heavy atom. The average Bonchev–Trinajstić information content (AvgIpc) is 2.75. The fraction of sp³-hybridized carbons (Fsp3) is 0.857. The minimum Gasteiger partial charge on any atom is -0.464 e. The highest BCUT2D eigenvalue weighted by molar-refractivity contribution is 8.76. The molecule has 0 radical (unpaired) electrons. The van der Waals surface area contributed by atoms with Crippen LogP contribution in [0.5, 0.6) is 0 Å². The lowest BCUT2D eigenvalue weighted by Gasteiger charge is -2.24. The number of hydrogen-bond donors (Lipinski definition) is 2. The first-order chi connectivity index (χ1) is 19.0. The molecule has 0 fully saturated rings. The quantitative estimate of drug-likeness (QED) is 0.0568. The lowest BCUT2D eigenvalue weighted by Crippen LogP contribution is -2.45. The van der Waals surface area contributed by atoms with Gasteiger partial charge >= 0.3 is 24.1 Å². The van der Waals surface area contributed by atoms with E-state index in [1.165, 1.54) is 21.6 Å². The number of carbonyl (C=O) groups is 4. The first kappa shape index (κ1) is 40.6. The van der Waals surface area contributed by atoms with Gasteiger partial charge in [0.15, 0.2) is 0 Å². The van der Waals surface area contributed by atoms with Gasteiger partial charge in [-0.1, -0.05) is 60.9 Å². The van der Waals surface area contributed by atoms with Crippen molar-refractivity contribution in [2.24, 2.45) is 0 Å². The van der Waals surface area contributed by atoms with Crippen molar-refractivity contribution in [3.05, 3.63) is 0 Å². The largest absolute Gasteiger partial charge is 0.464 e. The second kappa shape index (κ2) is 18.4. The van der Waals surface area contributed by atoms with E-state index in [9.17, 15) is 19.2 Å². The van der Waals surface area contributed by atoms with Crippen molar-refractivity contribution < 1.29 is 38.1 Å². The van der Waals surface area contributed by atoms with Crippen LogP contribution in [0.15, 0.2) is 0 Å².